The predicted molar refractivity (Wildman–Crippen MR) is 91.8 cm³/mol. The van der Waals surface area contributed by atoms with Gasteiger partial charge in [-0.05, 0) is 31.0 Å². The molecular weight excluding hydrogens is 348 g/mol. The van der Waals surface area contributed by atoms with Crippen molar-refractivity contribution in [2.24, 2.45) is 0 Å². The number of ether oxygens (including phenoxy) is 2. The Morgan fingerprint density at radius 3 is 2.92 bits per heavy atom. The molecule has 6 nitrogen and oxygen atoms in total. The molecule has 1 aliphatic heterocycles. The number of carbonyl (C=O) groups is 1. The molecule has 1 aromatic heterocycles. The largest absolute Gasteiger partial charge is 0.507 e. The minimum atomic E-state index is -0.581. The lowest BCUT2D eigenvalue weighted by Crippen LogP contribution is -2.14. The highest BCUT2D eigenvalue weighted by Crippen LogP contribution is 2.47. The van der Waals surface area contributed by atoms with Crippen molar-refractivity contribution < 1.29 is 23.8 Å². The summed E-state index contributed by atoms with van der Waals surface area (Å²) >= 11 is 5.96. The van der Waals surface area contributed by atoms with Crippen LogP contribution in [0.3, 0.4) is 0 Å². The number of carbonyl (C=O) groups excluding carboxylic acids is 1. The summed E-state index contributed by atoms with van der Waals surface area (Å²) in [6.07, 6.45) is 1.18. The summed E-state index contributed by atoms with van der Waals surface area (Å²) in [5, 5.41) is 11.2. The van der Waals surface area contributed by atoms with Crippen LogP contribution in [0.2, 0.25) is 5.02 Å². The van der Waals surface area contributed by atoms with Gasteiger partial charge in [0.15, 0.2) is 11.3 Å². The zero-order chi connectivity index (χ0) is 17.7. The van der Waals surface area contributed by atoms with Gasteiger partial charge in [0.1, 0.15) is 16.7 Å². The quantitative estimate of drug-likeness (QED) is 0.405. The average molecular weight is 361 g/mol. The van der Waals surface area contributed by atoms with Crippen LogP contribution in [0.25, 0.3) is 21.9 Å². The lowest BCUT2D eigenvalue weighted by atomic mass is 10.00. The van der Waals surface area contributed by atoms with E-state index in [-0.39, 0.29) is 39.2 Å². The molecule has 0 atom stereocenters. The van der Waals surface area contributed by atoms with Crippen molar-refractivity contribution in [2.75, 3.05) is 6.61 Å². The third-order valence-electron chi connectivity index (χ3n) is 4.12. The molecule has 25 heavy (non-hydrogen) atoms. The highest BCUT2D eigenvalue weighted by atomic mass is 35.5. The Morgan fingerprint density at radius 2 is 2.16 bits per heavy atom. The maximum absolute atomic E-state index is 12.9. The van der Waals surface area contributed by atoms with Crippen LogP contribution in [0.5, 0.6) is 17.2 Å². The molecule has 0 radical (unpaired) electrons. The number of phenolic OH excluding ortho intramolecular Hbond substituents is 1. The standard InChI is InChI=1S/C18H13ClO6/c1-8(20)24-18-16-10(3-2-6-23-16)14(21)13-15(22)11-7-9(19)4-5-12(11)25-17(13)18/h4-5,7,21H,2-3,6H2,1H3. The number of phenols is 1. The van der Waals surface area contributed by atoms with Crippen molar-refractivity contribution in [3.63, 3.8) is 0 Å². The van der Waals surface area contributed by atoms with E-state index in [0.717, 1.165) is 0 Å². The number of aromatic hydroxyl groups is 1. The van der Waals surface area contributed by atoms with Gasteiger partial charge in [-0.1, -0.05) is 11.6 Å². The second kappa shape index (κ2) is 5.67. The molecule has 2 heterocycles. The van der Waals surface area contributed by atoms with E-state index in [9.17, 15) is 14.7 Å². The molecule has 0 amide bonds. The molecule has 0 saturated carbocycles. The summed E-state index contributed by atoms with van der Waals surface area (Å²) < 4.78 is 16.7. The van der Waals surface area contributed by atoms with Gasteiger partial charge in [-0.15, -0.1) is 0 Å². The van der Waals surface area contributed by atoms with Gasteiger partial charge in [-0.2, -0.15) is 0 Å². The normalized spacial score (nSPS) is 13.5. The molecule has 0 aliphatic carbocycles. The molecule has 0 unspecified atom stereocenters. The van der Waals surface area contributed by atoms with Gasteiger partial charge < -0.3 is 19.0 Å². The van der Waals surface area contributed by atoms with Gasteiger partial charge in [-0.25, -0.2) is 0 Å². The minimum Gasteiger partial charge on any atom is -0.507 e. The molecule has 2 aromatic carbocycles. The van der Waals surface area contributed by atoms with Crippen LogP contribution in [0.1, 0.15) is 18.9 Å². The van der Waals surface area contributed by atoms with E-state index >= 15 is 0 Å². The Kier molecular flexibility index (Phi) is 3.58. The molecule has 1 aliphatic rings. The Labute approximate surface area is 146 Å². The van der Waals surface area contributed by atoms with E-state index in [2.05, 4.69) is 0 Å². The number of esters is 1. The number of halogens is 1. The molecular formula is C18H13ClO6. The summed E-state index contributed by atoms with van der Waals surface area (Å²) in [7, 11) is 0. The summed E-state index contributed by atoms with van der Waals surface area (Å²) in [6, 6.07) is 4.61. The second-order valence-corrected chi connectivity index (χ2v) is 6.24. The highest BCUT2D eigenvalue weighted by Gasteiger charge is 2.29. The van der Waals surface area contributed by atoms with Crippen molar-refractivity contribution >= 4 is 39.5 Å². The number of hydrogen-bond donors (Lipinski definition) is 1. The third-order valence-corrected chi connectivity index (χ3v) is 4.36. The molecule has 0 spiro atoms. The van der Waals surface area contributed by atoms with Crippen LogP contribution >= 0.6 is 11.6 Å². The molecule has 0 saturated heterocycles. The van der Waals surface area contributed by atoms with Gasteiger partial charge >= 0.3 is 5.97 Å². The lowest BCUT2D eigenvalue weighted by molar-refractivity contribution is -0.132. The fourth-order valence-corrected chi connectivity index (χ4v) is 3.26. The van der Waals surface area contributed by atoms with Crippen LogP contribution in [0.4, 0.5) is 0 Å². The lowest BCUT2D eigenvalue weighted by Gasteiger charge is -2.22. The van der Waals surface area contributed by atoms with E-state index < -0.39 is 11.4 Å². The van der Waals surface area contributed by atoms with Crippen molar-refractivity contribution in [1.29, 1.82) is 0 Å². The van der Waals surface area contributed by atoms with Crippen LogP contribution in [0, 0.1) is 0 Å². The first-order valence-electron chi connectivity index (χ1n) is 7.72. The number of fused-ring (bicyclic) bond motifs is 3. The predicted octanol–water partition coefficient (Wildman–Crippen LogP) is 3.56. The Bertz CT molecular complexity index is 1100. The van der Waals surface area contributed by atoms with E-state index in [4.69, 9.17) is 25.5 Å². The number of rotatable bonds is 1. The Morgan fingerprint density at radius 1 is 1.36 bits per heavy atom. The van der Waals surface area contributed by atoms with E-state index in [1.165, 1.54) is 13.0 Å². The molecule has 3 aromatic rings. The van der Waals surface area contributed by atoms with Gasteiger partial charge in [0, 0.05) is 17.5 Å². The van der Waals surface area contributed by atoms with Crippen LogP contribution < -0.4 is 14.9 Å². The number of hydrogen-bond acceptors (Lipinski definition) is 6. The molecule has 4 rings (SSSR count). The van der Waals surface area contributed by atoms with Gasteiger partial charge in [0.2, 0.25) is 11.2 Å². The first-order chi connectivity index (χ1) is 12.0. The van der Waals surface area contributed by atoms with E-state index in [0.29, 0.717) is 30.0 Å². The summed E-state index contributed by atoms with van der Waals surface area (Å²) in [5.41, 5.74) is 0.236. The van der Waals surface area contributed by atoms with Crippen molar-refractivity contribution in [3.8, 4) is 17.2 Å². The molecule has 0 bridgehead atoms. The average Bonchev–Trinajstić information content (AvgIpc) is 2.59. The van der Waals surface area contributed by atoms with Gasteiger partial charge in [0.25, 0.3) is 0 Å². The Hall–Kier alpha value is -2.73. The van der Waals surface area contributed by atoms with Crippen LogP contribution in [0.15, 0.2) is 27.4 Å². The molecule has 7 heteroatoms. The fraction of sp³-hybridized carbons (Fsp3) is 0.222. The smallest absolute Gasteiger partial charge is 0.308 e. The van der Waals surface area contributed by atoms with Crippen LogP contribution in [-0.2, 0) is 11.2 Å². The maximum atomic E-state index is 12.9. The molecule has 1 N–H and O–H groups in total. The monoisotopic (exact) mass is 360 g/mol. The molecule has 128 valence electrons. The van der Waals surface area contributed by atoms with E-state index in [1.807, 2.05) is 0 Å². The van der Waals surface area contributed by atoms with Gasteiger partial charge in [0.05, 0.1) is 12.0 Å². The SMILES string of the molecule is CC(=O)Oc1c2c(c(O)c3c(=O)c4cc(Cl)ccc4oc13)CCCO2. The van der Waals surface area contributed by atoms with Crippen molar-refractivity contribution in [1.82, 2.24) is 0 Å². The van der Waals surface area contributed by atoms with Gasteiger partial charge in [-0.3, -0.25) is 9.59 Å². The topological polar surface area (TPSA) is 86.0 Å². The summed E-state index contributed by atoms with van der Waals surface area (Å²) in [4.78, 5) is 24.5. The van der Waals surface area contributed by atoms with Crippen molar-refractivity contribution in [3.05, 3.63) is 39.0 Å². The zero-order valence-electron chi connectivity index (χ0n) is 13.2. The van der Waals surface area contributed by atoms with E-state index in [1.54, 1.807) is 12.1 Å². The van der Waals surface area contributed by atoms with Crippen molar-refractivity contribution in [2.45, 2.75) is 19.8 Å². The highest BCUT2D eigenvalue weighted by molar-refractivity contribution is 6.31. The number of benzene rings is 2. The second-order valence-electron chi connectivity index (χ2n) is 5.81. The molecule has 0 fully saturated rings. The first-order valence-corrected chi connectivity index (χ1v) is 8.10. The summed E-state index contributed by atoms with van der Waals surface area (Å²) in [6.45, 7) is 1.66. The Balaban J connectivity index is 2.21. The third kappa shape index (κ3) is 2.41. The van der Waals surface area contributed by atoms with Crippen LogP contribution in [-0.4, -0.2) is 17.7 Å². The summed E-state index contributed by atoms with van der Waals surface area (Å²) in [5.74, 6) is -0.537. The fourth-order valence-electron chi connectivity index (χ4n) is 3.09. The zero-order valence-corrected chi connectivity index (χ0v) is 14.0. The maximum Gasteiger partial charge on any atom is 0.308 e. The minimum absolute atomic E-state index is 0.0175. The first kappa shape index (κ1) is 15.8.